The molecule has 2 aromatic rings. The van der Waals surface area contributed by atoms with Gasteiger partial charge < -0.3 is 19.1 Å². The number of fused-ring (bicyclic) bond motifs is 1. The molecule has 0 radical (unpaired) electrons. The zero-order valence-corrected chi connectivity index (χ0v) is 17.3. The van der Waals surface area contributed by atoms with Crippen LogP contribution in [0.25, 0.3) is 0 Å². The van der Waals surface area contributed by atoms with E-state index in [1.807, 2.05) is 5.92 Å². The molecule has 1 unspecified atom stereocenters. The molecule has 1 saturated heterocycles. The van der Waals surface area contributed by atoms with Gasteiger partial charge in [-0.15, -0.1) is 6.42 Å². The number of halogens is 1. The lowest BCUT2D eigenvalue weighted by Crippen LogP contribution is -2.37. The lowest BCUT2D eigenvalue weighted by atomic mass is 10.2. The molecule has 4 rings (SSSR count). The van der Waals surface area contributed by atoms with Crippen molar-refractivity contribution in [2.24, 2.45) is 0 Å². The highest BCUT2D eigenvalue weighted by atomic mass is 31.2. The van der Waals surface area contributed by atoms with Crippen LogP contribution in [0.3, 0.4) is 0 Å². The van der Waals surface area contributed by atoms with Crippen molar-refractivity contribution < 1.29 is 41.2 Å². The quantitative estimate of drug-likeness (QED) is 0.487. The van der Waals surface area contributed by atoms with Crippen LogP contribution in [0.1, 0.15) is 27.9 Å². The van der Waals surface area contributed by atoms with Crippen LogP contribution in [0.5, 0.6) is 11.5 Å². The fourth-order valence-electron chi connectivity index (χ4n) is 3.02. The number of rotatable bonds is 5. The molecule has 2 N–H and O–H groups in total. The molecule has 32 heavy (non-hydrogen) atoms. The maximum atomic E-state index is 15.8. The number of methoxy groups -OCH3 is 1. The maximum absolute atomic E-state index is 15.8. The zero-order valence-electron chi connectivity index (χ0n) is 19.4. The number of aromatic nitrogens is 2. The van der Waals surface area contributed by atoms with Crippen molar-refractivity contribution in [1.29, 1.82) is 0 Å². The van der Waals surface area contributed by atoms with Crippen molar-refractivity contribution in [3.63, 3.8) is 0 Å². The Bertz CT molecular complexity index is 1380. The second kappa shape index (κ2) is 8.20. The number of alkyl halides is 1. The number of hydrogen-bond donors (Lipinski definition) is 2. The minimum absolute atomic E-state index is 0.0721. The van der Waals surface area contributed by atoms with Gasteiger partial charge in [-0.3, -0.25) is 23.4 Å². The van der Waals surface area contributed by atoms with Gasteiger partial charge in [0.25, 0.3) is 5.56 Å². The van der Waals surface area contributed by atoms with E-state index < -0.39 is 55.8 Å². The first-order valence-electron chi connectivity index (χ1n) is 10.5. The van der Waals surface area contributed by atoms with Crippen LogP contribution in [0.15, 0.2) is 34.0 Å². The molecule has 170 valence electrons. The first-order chi connectivity index (χ1) is 16.3. The number of ether oxygens (including phenoxy) is 2. The topological polar surface area (TPSA) is 138 Å². The molecule has 2 aliphatic rings. The Morgan fingerprint density at radius 2 is 2.34 bits per heavy atom. The lowest BCUT2D eigenvalue weighted by Gasteiger charge is -2.28. The number of phosphoric acid groups is 1. The van der Waals surface area contributed by atoms with Crippen molar-refractivity contribution >= 4 is 7.82 Å². The van der Waals surface area contributed by atoms with Crippen molar-refractivity contribution in [1.82, 2.24) is 9.55 Å². The number of para-hydroxylation sites is 1. The van der Waals surface area contributed by atoms with E-state index in [1.165, 1.54) is 13.2 Å². The van der Waals surface area contributed by atoms with Gasteiger partial charge in [-0.1, -0.05) is 18.1 Å². The van der Waals surface area contributed by atoms with Crippen molar-refractivity contribution in [2.45, 2.75) is 31.2 Å². The number of benzene rings is 1. The van der Waals surface area contributed by atoms with Gasteiger partial charge in [0.15, 0.2) is 17.7 Å². The Kier molecular flexibility index (Phi) is 4.77. The summed E-state index contributed by atoms with van der Waals surface area (Å²) in [5, 5.41) is 10.4. The van der Waals surface area contributed by atoms with Gasteiger partial charge in [-0.25, -0.2) is 13.8 Å². The number of aliphatic hydroxyl groups is 1. The van der Waals surface area contributed by atoms with E-state index in [2.05, 4.69) is 0 Å². The van der Waals surface area contributed by atoms with E-state index in [9.17, 15) is 19.3 Å². The highest BCUT2D eigenvalue weighted by Gasteiger charge is 2.50. The molecule has 13 heteroatoms. The molecular weight excluding hydrogens is 450 g/mol. The summed E-state index contributed by atoms with van der Waals surface area (Å²) in [7, 11) is -3.52. The Labute approximate surface area is 184 Å². The molecule has 1 aromatic heterocycles. The van der Waals surface area contributed by atoms with Gasteiger partial charge in [-0.05, 0) is 6.07 Å². The second-order valence-electron chi connectivity index (χ2n) is 6.66. The summed E-state index contributed by atoms with van der Waals surface area (Å²) in [6.07, 6.45) is -0.561. The van der Waals surface area contributed by atoms with E-state index >= 15 is 4.39 Å². The normalized spacial score (nSPS) is 33.2. The highest BCUT2D eigenvalue weighted by Crippen LogP contribution is 2.57. The number of hydrogen-bond acceptors (Lipinski definition) is 9. The van der Waals surface area contributed by atoms with E-state index in [4.69, 9.17) is 33.6 Å². The second-order valence-corrected chi connectivity index (χ2v) is 8.18. The van der Waals surface area contributed by atoms with Crippen LogP contribution < -0.4 is 20.5 Å². The summed E-state index contributed by atoms with van der Waals surface area (Å²) in [4.78, 5) is 25.7. The van der Waals surface area contributed by atoms with E-state index in [1.54, 1.807) is 17.1 Å². The molecule has 2 aliphatic heterocycles. The Hall–Kier alpha value is -2.94. The molecule has 0 aliphatic carbocycles. The van der Waals surface area contributed by atoms with Gasteiger partial charge in [-0.2, -0.15) is 0 Å². The number of aromatic amines is 1. The summed E-state index contributed by atoms with van der Waals surface area (Å²) < 4.78 is 78.7. The van der Waals surface area contributed by atoms with Crippen LogP contribution in [-0.2, 0) is 25.0 Å². The Morgan fingerprint density at radius 3 is 3.06 bits per heavy atom. The Morgan fingerprint density at radius 1 is 1.56 bits per heavy atom. The van der Waals surface area contributed by atoms with Crippen LogP contribution in [-0.4, -0.2) is 40.3 Å². The number of H-pyrrole nitrogens is 1. The largest absolute Gasteiger partial charge is 0.530 e. The van der Waals surface area contributed by atoms with E-state index in [-0.39, 0.29) is 18.1 Å². The average molecular weight is 471 g/mol. The highest BCUT2D eigenvalue weighted by molar-refractivity contribution is 7.49. The number of aliphatic hydroxyl groups excluding tert-OH is 1. The van der Waals surface area contributed by atoms with Gasteiger partial charge >= 0.3 is 13.5 Å². The van der Waals surface area contributed by atoms with Gasteiger partial charge in [0, 0.05) is 18.2 Å². The summed E-state index contributed by atoms with van der Waals surface area (Å²) in [5.41, 5.74) is -2.31. The number of nitrogens with one attached hydrogen (secondary N) is 1. The van der Waals surface area contributed by atoms with Crippen LogP contribution in [0.4, 0.5) is 4.39 Å². The smallest absolute Gasteiger partial charge is 0.493 e. The minimum atomic E-state index is -4.83. The monoisotopic (exact) mass is 471 g/mol. The van der Waals surface area contributed by atoms with Crippen molar-refractivity contribution in [2.75, 3.05) is 13.7 Å². The van der Waals surface area contributed by atoms with Gasteiger partial charge in [0.05, 0.1) is 17.8 Å². The molecule has 0 saturated carbocycles. The summed E-state index contributed by atoms with van der Waals surface area (Å²) in [5.74, 6) is -1.64. The fourth-order valence-corrected chi connectivity index (χ4v) is 4.14. The number of nitrogens with zero attached hydrogens (tertiary/aromatic N) is 1. The molecule has 0 spiro atoms. The number of terminal acetylenes is 1. The number of phosphoric ester groups is 1. The van der Waals surface area contributed by atoms with E-state index in [0.717, 1.165) is 0 Å². The molecule has 1 aromatic carbocycles. The van der Waals surface area contributed by atoms with Crippen molar-refractivity contribution in [3.8, 4) is 23.8 Å². The van der Waals surface area contributed by atoms with Crippen LogP contribution in [0, 0.1) is 12.3 Å². The molecule has 0 amide bonds. The maximum Gasteiger partial charge on any atom is 0.530 e. The predicted molar refractivity (Wildman–Crippen MR) is 106 cm³/mol. The molecule has 3 heterocycles. The summed E-state index contributed by atoms with van der Waals surface area (Å²) in [6, 6.07) is 4.63. The van der Waals surface area contributed by atoms with E-state index in [0.29, 0.717) is 16.3 Å². The zero-order chi connectivity index (χ0) is 25.8. The van der Waals surface area contributed by atoms with Crippen molar-refractivity contribution in [3.05, 3.63) is 56.4 Å². The Balaban J connectivity index is 1.65. The van der Waals surface area contributed by atoms with Gasteiger partial charge in [0.1, 0.15) is 18.2 Å². The van der Waals surface area contributed by atoms with Crippen LogP contribution in [0.2, 0.25) is 0 Å². The summed E-state index contributed by atoms with van der Waals surface area (Å²) in [6.45, 7) is -4.00. The van der Waals surface area contributed by atoms with Gasteiger partial charge in [0.2, 0.25) is 5.85 Å². The third-order valence-corrected chi connectivity index (χ3v) is 5.68. The molecular formula is C19H18FN2O9P. The van der Waals surface area contributed by atoms with Crippen LogP contribution >= 0.6 is 7.82 Å². The standard InChI is InChI=1S/C19H18FN2O9P/c1-3-11-8-22(18(25)21-16(11)24)17-13(23)7-19(20,30-17)10-29-32(26)28-9-12-5-4-6-14(27-2)15(12)31-32/h1,4-6,8,13,17,23H,7,9-10H2,2H3,(H,21,24,25)/t13-,17-,19+,32?/m1/s1/i10D2,17D. The first-order valence-corrected chi connectivity index (χ1v) is 10.4. The fraction of sp³-hybridized carbons (Fsp3) is 0.368. The average Bonchev–Trinajstić information content (AvgIpc) is 3.03. The molecule has 1 fully saturated rings. The molecule has 4 atom stereocenters. The molecule has 11 nitrogen and oxygen atoms in total. The third-order valence-electron chi connectivity index (χ3n) is 4.51. The predicted octanol–water partition coefficient (Wildman–Crippen LogP) is 1.21. The SMILES string of the molecule is [2H]C([2H])(OP1(=O)OCc2cccc(OC)c2O1)[C@]1(F)C[C@@H](O)[C@]([2H])(n2cc(C#C)c(=O)[nH]c2=O)O1. The minimum Gasteiger partial charge on any atom is -0.493 e. The first kappa shape index (κ1) is 18.6. The summed E-state index contributed by atoms with van der Waals surface area (Å²) >= 11 is 0. The third kappa shape index (κ3) is 4.09. The molecule has 0 bridgehead atoms. The lowest BCUT2D eigenvalue weighted by molar-refractivity contribution is -0.179.